The van der Waals surface area contributed by atoms with E-state index >= 15 is 0 Å². The summed E-state index contributed by atoms with van der Waals surface area (Å²) in [6.07, 6.45) is 0. The lowest BCUT2D eigenvalue weighted by Crippen LogP contribution is -1.98. The highest BCUT2D eigenvalue weighted by Crippen LogP contribution is 2.45. The van der Waals surface area contributed by atoms with Crippen LogP contribution in [-0.2, 0) is 0 Å². The number of carboxylic acid groups (broad SMARTS) is 1. The molecule has 0 aromatic heterocycles. The van der Waals surface area contributed by atoms with E-state index in [0.717, 1.165) is 32.7 Å². The first-order valence-electron chi connectivity index (χ1n) is 13.8. The molecule has 1 N–H and O–H groups in total. The van der Waals surface area contributed by atoms with Crippen LogP contribution in [-0.4, -0.2) is 11.1 Å². The van der Waals surface area contributed by atoms with Gasteiger partial charge in [-0.2, -0.15) is 0 Å². The molecule has 2 nitrogen and oxygen atoms in total. The van der Waals surface area contributed by atoms with Gasteiger partial charge < -0.3 is 5.11 Å². The lowest BCUT2D eigenvalue weighted by molar-refractivity contribution is 0.0699. The highest BCUT2D eigenvalue weighted by molar-refractivity contribution is 6.23. The van der Waals surface area contributed by atoms with Crippen LogP contribution in [0.4, 0.5) is 0 Å². The van der Waals surface area contributed by atoms with Crippen LogP contribution in [0, 0.1) is 0 Å². The van der Waals surface area contributed by atoms with Gasteiger partial charge in [-0.25, -0.2) is 4.79 Å². The topological polar surface area (TPSA) is 37.3 Å². The fourth-order valence-corrected chi connectivity index (χ4v) is 6.53. The van der Waals surface area contributed by atoms with Crippen LogP contribution in [0.15, 0.2) is 140 Å². The molecule has 0 amide bonds. The third kappa shape index (κ3) is 3.62. The van der Waals surface area contributed by atoms with Crippen LogP contribution in [0.25, 0.3) is 76.1 Å². The molecule has 0 radical (unpaired) electrons. The molecule has 0 spiro atoms. The van der Waals surface area contributed by atoms with Crippen molar-refractivity contribution in [2.75, 3.05) is 0 Å². The SMILES string of the molecule is O=C(O)c1cc2ccccc2c2cc(-c3c4ccccc4c(-c4ccc5ccccc5c4)c4ccccc34)ccc12. The quantitative estimate of drug-likeness (QED) is 0.184. The zero-order chi connectivity index (χ0) is 27.5. The molecule has 8 aromatic rings. The Labute approximate surface area is 236 Å². The van der Waals surface area contributed by atoms with Gasteiger partial charge in [-0.3, -0.25) is 0 Å². The molecule has 2 heteroatoms. The zero-order valence-corrected chi connectivity index (χ0v) is 22.1. The van der Waals surface area contributed by atoms with Crippen molar-refractivity contribution in [2.45, 2.75) is 0 Å². The highest BCUT2D eigenvalue weighted by atomic mass is 16.4. The van der Waals surface area contributed by atoms with E-state index in [4.69, 9.17) is 0 Å². The summed E-state index contributed by atoms with van der Waals surface area (Å²) in [5.74, 6) is -0.913. The fraction of sp³-hybridized carbons (Fsp3) is 0. The largest absolute Gasteiger partial charge is 0.478 e. The monoisotopic (exact) mass is 524 g/mol. The van der Waals surface area contributed by atoms with E-state index < -0.39 is 5.97 Å². The van der Waals surface area contributed by atoms with Crippen LogP contribution < -0.4 is 0 Å². The molecule has 0 heterocycles. The fourth-order valence-electron chi connectivity index (χ4n) is 6.53. The van der Waals surface area contributed by atoms with Crippen LogP contribution in [0.5, 0.6) is 0 Å². The standard InChI is InChI=1S/C39H24O2/c40-39(41)36-22-26-11-3-4-12-29(26)35-23-28(19-20-30(35)36)38-33-15-7-5-13-31(33)37(32-14-6-8-16-34(32)38)27-18-17-24-9-1-2-10-25(24)21-27/h1-23H,(H,40,41). The van der Waals surface area contributed by atoms with Gasteiger partial charge in [-0.15, -0.1) is 0 Å². The molecule has 192 valence electrons. The molecule has 8 rings (SSSR count). The minimum Gasteiger partial charge on any atom is -0.478 e. The minimum absolute atomic E-state index is 0.326. The van der Waals surface area contributed by atoms with Gasteiger partial charge in [-0.05, 0) is 94.3 Å². The van der Waals surface area contributed by atoms with E-state index in [1.54, 1.807) is 6.07 Å². The first kappa shape index (κ1) is 23.4. The average molecular weight is 525 g/mol. The Balaban J connectivity index is 1.48. The average Bonchev–Trinajstić information content (AvgIpc) is 3.02. The van der Waals surface area contributed by atoms with Crippen molar-refractivity contribution in [3.8, 4) is 22.3 Å². The Morgan fingerprint density at radius 3 is 1.49 bits per heavy atom. The van der Waals surface area contributed by atoms with Gasteiger partial charge in [0.05, 0.1) is 5.56 Å². The van der Waals surface area contributed by atoms with Crippen molar-refractivity contribution in [3.05, 3.63) is 145 Å². The third-order valence-corrected chi connectivity index (χ3v) is 8.35. The summed E-state index contributed by atoms with van der Waals surface area (Å²) < 4.78 is 0. The van der Waals surface area contributed by atoms with Gasteiger partial charge in [0, 0.05) is 0 Å². The number of benzene rings is 8. The Bertz CT molecular complexity index is 2290. The predicted molar refractivity (Wildman–Crippen MR) is 172 cm³/mol. The second kappa shape index (κ2) is 9.04. The molecule has 0 bridgehead atoms. The second-order valence-electron chi connectivity index (χ2n) is 10.6. The first-order valence-corrected chi connectivity index (χ1v) is 13.8. The van der Waals surface area contributed by atoms with Crippen molar-refractivity contribution < 1.29 is 9.90 Å². The Kier molecular flexibility index (Phi) is 5.16. The number of rotatable bonds is 3. The van der Waals surface area contributed by atoms with E-state index in [1.807, 2.05) is 24.3 Å². The number of carbonyl (C=O) groups is 1. The van der Waals surface area contributed by atoms with Crippen molar-refractivity contribution in [1.29, 1.82) is 0 Å². The van der Waals surface area contributed by atoms with E-state index in [1.165, 1.54) is 43.4 Å². The van der Waals surface area contributed by atoms with Crippen LogP contribution in [0.3, 0.4) is 0 Å². The lowest BCUT2D eigenvalue weighted by Gasteiger charge is -2.18. The predicted octanol–water partition coefficient (Wildman–Crippen LogP) is 10.5. The van der Waals surface area contributed by atoms with Gasteiger partial charge >= 0.3 is 5.97 Å². The molecule has 41 heavy (non-hydrogen) atoms. The summed E-state index contributed by atoms with van der Waals surface area (Å²) in [6, 6.07) is 48.5. The molecule has 0 aliphatic heterocycles. The van der Waals surface area contributed by atoms with Crippen molar-refractivity contribution >= 4 is 59.8 Å². The Morgan fingerprint density at radius 2 is 0.878 bits per heavy atom. The minimum atomic E-state index is -0.913. The molecule has 0 saturated heterocycles. The second-order valence-corrected chi connectivity index (χ2v) is 10.6. The number of hydrogen-bond acceptors (Lipinski definition) is 1. The van der Waals surface area contributed by atoms with Crippen molar-refractivity contribution in [2.24, 2.45) is 0 Å². The Hall–Kier alpha value is -5.47. The maximum atomic E-state index is 12.2. The van der Waals surface area contributed by atoms with Gasteiger partial charge in [0.25, 0.3) is 0 Å². The first-order chi connectivity index (χ1) is 20.2. The summed E-state index contributed by atoms with van der Waals surface area (Å²) in [5, 5.41) is 20.9. The molecular weight excluding hydrogens is 500 g/mol. The van der Waals surface area contributed by atoms with Gasteiger partial charge in [0.1, 0.15) is 0 Å². The number of aromatic carboxylic acids is 1. The maximum Gasteiger partial charge on any atom is 0.336 e. The van der Waals surface area contributed by atoms with Crippen molar-refractivity contribution in [3.63, 3.8) is 0 Å². The smallest absolute Gasteiger partial charge is 0.336 e. The van der Waals surface area contributed by atoms with Crippen LogP contribution >= 0.6 is 0 Å². The number of hydrogen-bond donors (Lipinski definition) is 1. The summed E-state index contributed by atoms with van der Waals surface area (Å²) in [5.41, 5.74) is 4.98. The molecular formula is C39H24O2. The summed E-state index contributed by atoms with van der Waals surface area (Å²) in [6.45, 7) is 0. The number of carboxylic acids is 1. The van der Waals surface area contributed by atoms with Gasteiger partial charge in [0.15, 0.2) is 0 Å². The summed E-state index contributed by atoms with van der Waals surface area (Å²) in [7, 11) is 0. The molecule has 0 aliphatic carbocycles. The molecule has 0 saturated carbocycles. The van der Waals surface area contributed by atoms with Gasteiger partial charge in [0.2, 0.25) is 0 Å². The van der Waals surface area contributed by atoms with Gasteiger partial charge in [-0.1, -0.05) is 121 Å². The normalized spacial score (nSPS) is 11.6. The third-order valence-electron chi connectivity index (χ3n) is 8.35. The molecule has 0 atom stereocenters. The molecule has 0 aliphatic rings. The molecule has 0 fully saturated rings. The van der Waals surface area contributed by atoms with E-state index in [0.29, 0.717) is 5.56 Å². The summed E-state index contributed by atoms with van der Waals surface area (Å²) in [4.78, 5) is 12.2. The lowest BCUT2D eigenvalue weighted by atomic mass is 9.84. The molecule has 0 unspecified atom stereocenters. The molecule has 8 aromatic carbocycles. The highest BCUT2D eigenvalue weighted by Gasteiger charge is 2.18. The summed E-state index contributed by atoms with van der Waals surface area (Å²) >= 11 is 0. The van der Waals surface area contributed by atoms with E-state index in [2.05, 4.69) is 109 Å². The Morgan fingerprint density at radius 1 is 0.390 bits per heavy atom. The van der Waals surface area contributed by atoms with E-state index in [-0.39, 0.29) is 0 Å². The van der Waals surface area contributed by atoms with Crippen molar-refractivity contribution in [1.82, 2.24) is 0 Å². The van der Waals surface area contributed by atoms with E-state index in [9.17, 15) is 9.90 Å². The van der Waals surface area contributed by atoms with Crippen LogP contribution in [0.1, 0.15) is 10.4 Å². The maximum absolute atomic E-state index is 12.2. The van der Waals surface area contributed by atoms with Crippen LogP contribution in [0.2, 0.25) is 0 Å². The zero-order valence-electron chi connectivity index (χ0n) is 22.1. The number of fused-ring (bicyclic) bond motifs is 6.